The van der Waals surface area contributed by atoms with Gasteiger partial charge >= 0.3 is 0 Å². The zero-order valence-electron chi connectivity index (χ0n) is 17.0. The summed E-state index contributed by atoms with van der Waals surface area (Å²) in [6, 6.07) is 14.4. The summed E-state index contributed by atoms with van der Waals surface area (Å²) in [5.74, 6) is 1.36. The number of aryl methyl sites for hydroxylation is 2. The van der Waals surface area contributed by atoms with E-state index in [0.717, 1.165) is 28.2 Å². The molecule has 1 amide bonds. The number of allylic oxidation sites excluding steroid dienone is 3. The van der Waals surface area contributed by atoms with E-state index in [1.165, 1.54) is 10.8 Å². The van der Waals surface area contributed by atoms with Gasteiger partial charge in [-0.15, -0.1) is 5.10 Å². The Morgan fingerprint density at radius 3 is 2.73 bits per heavy atom. The van der Waals surface area contributed by atoms with Crippen molar-refractivity contribution in [1.82, 2.24) is 19.9 Å². The summed E-state index contributed by atoms with van der Waals surface area (Å²) in [7, 11) is 0. The number of hydrogen-bond acceptors (Lipinski definition) is 4. The van der Waals surface area contributed by atoms with E-state index in [2.05, 4.69) is 39.7 Å². The molecular weight excluding hydrogens is 376 g/mol. The lowest BCUT2D eigenvalue weighted by Crippen LogP contribution is -2.25. The van der Waals surface area contributed by atoms with Gasteiger partial charge in [0.05, 0.1) is 0 Å². The van der Waals surface area contributed by atoms with Crippen LogP contribution < -0.4 is 5.32 Å². The molecule has 0 aliphatic heterocycles. The van der Waals surface area contributed by atoms with Crippen molar-refractivity contribution < 1.29 is 9.21 Å². The Kier molecular flexibility index (Phi) is 4.47. The minimum atomic E-state index is -0.0327. The smallest absolute Gasteiger partial charge is 0.247 e. The number of amides is 1. The Bertz CT molecular complexity index is 1300. The number of nitrogens with one attached hydrogen (secondary N) is 1. The van der Waals surface area contributed by atoms with Gasteiger partial charge in [-0.1, -0.05) is 54.6 Å². The summed E-state index contributed by atoms with van der Waals surface area (Å²) in [6.45, 7) is 4.32. The molecule has 6 nitrogen and oxygen atoms in total. The van der Waals surface area contributed by atoms with E-state index < -0.39 is 0 Å². The number of aromatic nitrogens is 3. The van der Waals surface area contributed by atoms with Gasteiger partial charge in [0.25, 0.3) is 0 Å². The molecule has 4 aromatic rings. The fourth-order valence-electron chi connectivity index (χ4n) is 3.95. The number of hydrogen-bond donors (Lipinski definition) is 1. The van der Waals surface area contributed by atoms with Gasteiger partial charge in [0.2, 0.25) is 17.5 Å². The van der Waals surface area contributed by atoms with Crippen LogP contribution in [0.15, 0.2) is 64.6 Å². The molecule has 0 saturated heterocycles. The summed E-state index contributed by atoms with van der Waals surface area (Å²) < 4.78 is 7.62. The third-order valence-corrected chi connectivity index (χ3v) is 5.56. The largest absolute Gasteiger partial charge is 0.417 e. The lowest BCUT2D eigenvalue weighted by atomic mass is 9.97. The van der Waals surface area contributed by atoms with Gasteiger partial charge in [-0.05, 0) is 43.0 Å². The SMILES string of the molecule is Cc1nc(C)n2nc(C3=CC=C(C(=O)NCc4cccc5ccccc45)CC3)oc12. The average molecular weight is 398 g/mol. The summed E-state index contributed by atoms with van der Waals surface area (Å²) in [6.07, 6.45) is 5.16. The van der Waals surface area contributed by atoms with Crippen molar-refractivity contribution in [3.8, 4) is 0 Å². The van der Waals surface area contributed by atoms with E-state index in [9.17, 15) is 4.79 Å². The van der Waals surface area contributed by atoms with Crippen molar-refractivity contribution in [3.63, 3.8) is 0 Å². The van der Waals surface area contributed by atoms with Crippen LogP contribution in [0.2, 0.25) is 0 Å². The van der Waals surface area contributed by atoms with Gasteiger partial charge < -0.3 is 9.73 Å². The zero-order chi connectivity index (χ0) is 20.7. The lowest BCUT2D eigenvalue weighted by molar-refractivity contribution is -0.117. The molecule has 1 aliphatic rings. The highest BCUT2D eigenvalue weighted by Gasteiger charge is 2.19. The van der Waals surface area contributed by atoms with E-state index in [-0.39, 0.29) is 5.91 Å². The molecule has 0 saturated carbocycles. The maximum absolute atomic E-state index is 12.7. The van der Waals surface area contributed by atoms with Gasteiger partial charge in [-0.3, -0.25) is 4.79 Å². The molecule has 1 N–H and O–H groups in total. The van der Waals surface area contributed by atoms with E-state index in [1.54, 1.807) is 4.52 Å². The van der Waals surface area contributed by atoms with Crippen LogP contribution in [0.5, 0.6) is 0 Å². The summed E-state index contributed by atoms with van der Waals surface area (Å²) in [5, 5.41) is 9.93. The fourth-order valence-corrected chi connectivity index (χ4v) is 3.95. The molecule has 150 valence electrons. The quantitative estimate of drug-likeness (QED) is 0.549. The van der Waals surface area contributed by atoms with Crippen molar-refractivity contribution in [1.29, 1.82) is 0 Å². The van der Waals surface area contributed by atoms with Crippen LogP contribution >= 0.6 is 0 Å². The molecule has 0 bridgehead atoms. The van der Waals surface area contributed by atoms with Crippen LogP contribution in [-0.4, -0.2) is 20.5 Å². The Hall–Kier alpha value is -3.67. The van der Waals surface area contributed by atoms with E-state index in [1.807, 2.05) is 44.2 Å². The second-order valence-corrected chi connectivity index (χ2v) is 7.57. The third kappa shape index (κ3) is 3.20. The number of imidazole rings is 1. The molecular formula is C24H22N4O2. The molecule has 5 rings (SSSR count). The Morgan fingerprint density at radius 2 is 1.93 bits per heavy atom. The maximum Gasteiger partial charge on any atom is 0.247 e. The molecule has 2 aromatic heterocycles. The second-order valence-electron chi connectivity index (χ2n) is 7.57. The highest BCUT2D eigenvalue weighted by molar-refractivity contribution is 5.95. The van der Waals surface area contributed by atoms with Crippen LogP contribution in [0.1, 0.15) is 35.8 Å². The molecule has 0 radical (unpaired) electrons. The van der Waals surface area contributed by atoms with Crippen molar-refractivity contribution >= 4 is 28.0 Å². The number of carbonyl (C=O) groups is 1. The number of rotatable bonds is 4. The molecule has 1 aliphatic carbocycles. The standard InChI is InChI=1S/C24H22N4O2/c1-15-24-28(16(2)26-15)27-23(30-24)19-12-10-18(11-13-19)22(29)25-14-20-8-5-7-17-6-3-4-9-21(17)20/h3-10,12H,11,13-14H2,1-2H3,(H,25,29). The Balaban J connectivity index is 1.31. The van der Waals surface area contributed by atoms with Crippen molar-refractivity contribution in [3.05, 3.63) is 83.2 Å². The van der Waals surface area contributed by atoms with E-state index in [4.69, 9.17) is 4.42 Å². The monoisotopic (exact) mass is 398 g/mol. The van der Waals surface area contributed by atoms with Crippen LogP contribution in [-0.2, 0) is 11.3 Å². The predicted molar refractivity (Wildman–Crippen MR) is 116 cm³/mol. The lowest BCUT2D eigenvalue weighted by Gasteiger charge is -2.13. The van der Waals surface area contributed by atoms with Crippen LogP contribution in [0, 0.1) is 13.8 Å². The zero-order valence-corrected chi connectivity index (χ0v) is 17.0. The second kappa shape index (κ2) is 7.30. The number of fused-ring (bicyclic) bond motifs is 2. The molecule has 0 spiro atoms. The molecule has 0 fully saturated rings. The van der Waals surface area contributed by atoms with E-state index in [0.29, 0.717) is 31.0 Å². The third-order valence-electron chi connectivity index (χ3n) is 5.56. The Labute approximate surface area is 173 Å². The topological polar surface area (TPSA) is 72.4 Å². The van der Waals surface area contributed by atoms with Crippen LogP contribution in [0.4, 0.5) is 0 Å². The Morgan fingerprint density at radius 1 is 1.10 bits per heavy atom. The first kappa shape index (κ1) is 18.4. The molecule has 0 unspecified atom stereocenters. The highest BCUT2D eigenvalue weighted by Crippen LogP contribution is 2.28. The first-order chi connectivity index (χ1) is 14.6. The molecule has 30 heavy (non-hydrogen) atoms. The molecule has 2 heterocycles. The number of nitrogens with zero attached hydrogens (tertiary/aromatic N) is 3. The minimum Gasteiger partial charge on any atom is -0.417 e. The highest BCUT2D eigenvalue weighted by atomic mass is 16.4. The first-order valence-electron chi connectivity index (χ1n) is 10.1. The first-order valence-corrected chi connectivity index (χ1v) is 10.1. The normalized spacial score (nSPS) is 14.1. The van der Waals surface area contributed by atoms with Gasteiger partial charge in [-0.2, -0.15) is 4.52 Å². The minimum absolute atomic E-state index is 0.0327. The predicted octanol–water partition coefficient (Wildman–Crippen LogP) is 4.51. The van der Waals surface area contributed by atoms with Crippen molar-refractivity contribution in [2.75, 3.05) is 0 Å². The summed E-state index contributed by atoms with van der Waals surface area (Å²) in [5.41, 5.74) is 4.37. The molecule has 0 atom stereocenters. The van der Waals surface area contributed by atoms with Gasteiger partial charge in [0.1, 0.15) is 11.5 Å². The number of carbonyl (C=O) groups excluding carboxylic acids is 1. The van der Waals surface area contributed by atoms with Crippen molar-refractivity contribution in [2.45, 2.75) is 33.2 Å². The van der Waals surface area contributed by atoms with Crippen LogP contribution in [0.3, 0.4) is 0 Å². The van der Waals surface area contributed by atoms with E-state index >= 15 is 0 Å². The molecule has 6 heteroatoms. The average Bonchev–Trinajstić information content (AvgIpc) is 3.33. The molecule has 2 aromatic carbocycles. The van der Waals surface area contributed by atoms with Gasteiger partial charge in [0, 0.05) is 17.7 Å². The number of benzene rings is 2. The van der Waals surface area contributed by atoms with Crippen molar-refractivity contribution in [2.24, 2.45) is 0 Å². The van der Waals surface area contributed by atoms with Gasteiger partial charge in [-0.25, -0.2) is 4.98 Å². The van der Waals surface area contributed by atoms with Crippen LogP contribution in [0.25, 0.3) is 22.1 Å². The summed E-state index contributed by atoms with van der Waals surface area (Å²) >= 11 is 0. The van der Waals surface area contributed by atoms with Gasteiger partial charge in [0.15, 0.2) is 0 Å². The fraction of sp³-hybridized carbons (Fsp3) is 0.208. The summed E-state index contributed by atoms with van der Waals surface area (Å²) in [4.78, 5) is 17.0. The maximum atomic E-state index is 12.7.